The minimum absolute atomic E-state index is 0.0727. The molecule has 1 fully saturated rings. The normalized spacial score (nSPS) is 15.1. The van der Waals surface area contributed by atoms with Crippen molar-refractivity contribution in [1.82, 2.24) is 20.2 Å². The van der Waals surface area contributed by atoms with Crippen LogP contribution in [0.3, 0.4) is 0 Å². The van der Waals surface area contributed by atoms with E-state index in [2.05, 4.69) is 15.3 Å². The zero-order chi connectivity index (χ0) is 24.0. The van der Waals surface area contributed by atoms with Gasteiger partial charge in [0.1, 0.15) is 18.2 Å². The third-order valence-electron chi connectivity index (χ3n) is 6.34. The van der Waals surface area contributed by atoms with Gasteiger partial charge in [0.2, 0.25) is 5.91 Å². The summed E-state index contributed by atoms with van der Waals surface area (Å²) in [6.07, 6.45) is 3.30. The van der Waals surface area contributed by atoms with Gasteiger partial charge in [0, 0.05) is 12.1 Å². The number of nitrogens with one attached hydrogen (secondary N) is 1. The van der Waals surface area contributed by atoms with Gasteiger partial charge in [-0.3, -0.25) is 9.78 Å². The zero-order valence-corrected chi connectivity index (χ0v) is 20.1. The number of halogens is 1. The van der Waals surface area contributed by atoms with Crippen molar-refractivity contribution in [2.75, 3.05) is 26.2 Å². The predicted octanol–water partition coefficient (Wildman–Crippen LogP) is 4.83. The number of hydrogen-bond donors (Lipinski definition) is 1. The van der Waals surface area contributed by atoms with Crippen LogP contribution in [0.25, 0.3) is 10.2 Å². The molecule has 8 heteroatoms. The second-order valence-corrected chi connectivity index (χ2v) is 9.48. The van der Waals surface area contributed by atoms with Crippen LogP contribution in [-0.4, -0.2) is 47.0 Å². The molecular weight excluding hydrogens is 463 g/mol. The number of pyridine rings is 1. The Balaban J connectivity index is 1.43. The van der Waals surface area contributed by atoms with E-state index < -0.39 is 6.04 Å². The SMILES string of the molecule is O=C(C1CCNCC1)N(CCOc1ccc2ncsc2c1)[C@@H](c1ccc(F)cc1)c1ccccn1. The number of carbonyl (C=O) groups is 1. The van der Waals surface area contributed by atoms with Crippen molar-refractivity contribution in [2.24, 2.45) is 5.92 Å². The molecule has 35 heavy (non-hydrogen) atoms. The summed E-state index contributed by atoms with van der Waals surface area (Å²) in [4.78, 5) is 24.6. The largest absolute Gasteiger partial charge is 0.492 e. The average molecular weight is 491 g/mol. The van der Waals surface area contributed by atoms with Crippen LogP contribution in [0, 0.1) is 11.7 Å². The highest BCUT2D eigenvalue weighted by Crippen LogP contribution is 2.31. The number of ether oxygens (including phenoxy) is 1. The number of aromatic nitrogens is 2. The van der Waals surface area contributed by atoms with E-state index in [4.69, 9.17) is 4.74 Å². The van der Waals surface area contributed by atoms with Crippen molar-refractivity contribution in [3.8, 4) is 5.75 Å². The minimum atomic E-state index is -0.438. The molecule has 1 N–H and O–H groups in total. The first-order chi connectivity index (χ1) is 17.2. The summed E-state index contributed by atoms with van der Waals surface area (Å²) in [5.74, 6) is 0.433. The van der Waals surface area contributed by atoms with Gasteiger partial charge < -0.3 is 15.0 Å². The number of carbonyl (C=O) groups excluding carboxylic acids is 1. The van der Waals surface area contributed by atoms with Crippen LogP contribution < -0.4 is 10.1 Å². The number of benzene rings is 2. The topological polar surface area (TPSA) is 67.4 Å². The van der Waals surface area contributed by atoms with Gasteiger partial charge in [-0.2, -0.15) is 0 Å². The van der Waals surface area contributed by atoms with Gasteiger partial charge in [0.15, 0.2) is 0 Å². The Hall–Kier alpha value is -3.36. The molecule has 1 atom stereocenters. The van der Waals surface area contributed by atoms with E-state index in [9.17, 15) is 9.18 Å². The van der Waals surface area contributed by atoms with E-state index in [0.29, 0.717) is 13.2 Å². The lowest BCUT2D eigenvalue weighted by Gasteiger charge is -2.35. The third kappa shape index (κ3) is 5.49. The summed E-state index contributed by atoms with van der Waals surface area (Å²) in [5, 5.41) is 3.33. The molecular formula is C27H27FN4O2S. The average Bonchev–Trinajstić information content (AvgIpc) is 3.38. The van der Waals surface area contributed by atoms with Crippen LogP contribution in [0.5, 0.6) is 5.75 Å². The fraction of sp³-hybridized carbons (Fsp3) is 0.296. The van der Waals surface area contributed by atoms with Crippen molar-refractivity contribution in [3.63, 3.8) is 0 Å². The number of piperidine rings is 1. The second-order valence-electron chi connectivity index (χ2n) is 8.59. The van der Waals surface area contributed by atoms with E-state index in [1.165, 1.54) is 12.1 Å². The maximum Gasteiger partial charge on any atom is 0.226 e. The molecule has 2 aromatic carbocycles. The number of rotatable bonds is 8. The van der Waals surface area contributed by atoms with Crippen molar-refractivity contribution >= 4 is 27.5 Å². The van der Waals surface area contributed by atoms with Crippen LogP contribution in [0.15, 0.2) is 72.4 Å². The van der Waals surface area contributed by atoms with Crippen LogP contribution in [0.2, 0.25) is 0 Å². The molecule has 0 aliphatic carbocycles. The van der Waals surface area contributed by atoms with Crippen molar-refractivity contribution in [2.45, 2.75) is 18.9 Å². The minimum Gasteiger partial charge on any atom is -0.492 e. The fourth-order valence-electron chi connectivity index (χ4n) is 4.55. The Morgan fingerprint density at radius 3 is 2.71 bits per heavy atom. The van der Waals surface area contributed by atoms with Gasteiger partial charge in [0.25, 0.3) is 0 Å². The lowest BCUT2D eigenvalue weighted by atomic mass is 9.93. The van der Waals surface area contributed by atoms with Crippen LogP contribution in [-0.2, 0) is 4.79 Å². The van der Waals surface area contributed by atoms with Crippen molar-refractivity contribution in [1.29, 1.82) is 0 Å². The Bertz CT molecular complexity index is 1260. The monoisotopic (exact) mass is 490 g/mol. The third-order valence-corrected chi connectivity index (χ3v) is 7.13. The molecule has 1 amide bonds. The molecule has 1 aliphatic rings. The second kappa shape index (κ2) is 10.9. The standard InChI is InChI=1S/C27H27FN4O2S/c28-21-6-4-19(5-7-21)26(24-3-1-2-12-30-24)32(27(33)20-10-13-29-14-11-20)15-16-34-22-8-9-23-25(17-22)35-18-31-23/h1-9,12,17-18,20,26,29H,10-11,13-16H2/t26-/m0/s1. The van der Waals surface area contributed by atoms with Gasteiger partial charge in [0.05, 0.1) is 34.0 Å². The molecule has 180 valence electrons. The van der Waals surface area contributed by atoms with E-state index in [-0.39, 0.29) is 17.6 Å². The van der Waals surface area contributed by atoms with Gasteiger partial charge in [-0.25, -0.2) is 9.37 Å². The Labute approximate surface area is 207 Å². The zero-order valence-electron chi connectivity index (χ0n) is 19.3. The smallest absolute Gasteiger partial charge is 0.226 e. The summed E-state index contributed by atoms with van der Waals surface area (Å²) < 4.78 is 20.9. The molecule has 0 spiro atoms. The maximum atomic E-state index is 13.9. The maximum absolute atomic E-state index is 13.9. The molecule has 4 aromatic rings. The fourth-order valence-corrected chi connectivity index (χ4v) is 5.26. The highest BCUT2D eigenvalue weighted by Gasteiger charge is 2.33. The van der Waals surface area contributed by atoms with Crippen molar-refractivity contribution in [3.05, 3.63) is 89.4 Å². The van der Waals surface area contributed by atoms with Crippen LogP contribution >= 0.6 is 11.3 Å². The molecule has 6 nitrogen and oxygen atoms in total. The molecule has 3 heterocycles. The number of fused-ring (bicyclic) bond motifs is 1. The van der Waals surface area contributed by atoms with Crippen molar-refractivity contribution < 1.29 is 13.9 Å². The molecule has 5 rings (SSSR count). The summed E-state index contributed by atoms with van der Waals surface area (Å²) in [6.45, 7) is 2.34. The Kier molecular flexibility index (Phi) is 7.30. The first kappa shape index (κ1) is 23.4. The predicted molar refractivity (Wildman–Crippen MR) is 135 cm³/mol. The summed E-state index contributed by atoms with van der Waals surface area (Å²) in [6, 6.07) is 17.4. The highest BCUT2D eigenvalue weighted by molar-refractivity contribution is 7.16. The highest BCUT2D eigenvalue weighted by atomic mass is 32.1. The van der Waals surface area contributed by atoms with E-state index in [0.717, 1.165) is 53.2 Å². The molecule has 0 saturated carbocycles. The molecule has 0 unspecified atom stereocenters. The van der Waals surface area contributed by atoms with Gasteiger partial charge in [-0.1, -0.05) is 18.2 Å². The molecule has 0 bridgehead atoms. The quantitative estimate of drug-likeness (QED) is 0.383. The Morgan fingerprint density at radius 2 is 1.94 bits per heavy atom. The molecule has 1 aliphatic heterocycles. The van der Waals surface area contributed by atoms with E-state index >= 15 is 0 Å². The van der Waals surface area contributed by atoms with Gasteiger partial charge in [-0.15, -0.1) is 11.3 Å². The molecule has 2 aromatic heterocycles. The number of amides is 1. The Morgan fingerprint density at radius 1 is 1.11 bits per heavy atom. The number of hydrogen-bond acceptors (Lipinski definition) is 6. The van der Waals surface area contributed by atoms with Gasteiger partial charge in [-0.05, 0) is 74.0 Å². The van der Waals surface area contributed by atoms with Gasteiger partial charge >= 0.3 is 0 Å². The lowest BCUT2D eigenvalue weighted by Crippen LogP contribution is -2.45. The summed E-state index contributed by atoms with van der Waals surface area (Å²) in [5.41, 5.74) is 4.32. The lowest BCUT2D eigenvalue weighted by molar-refractivity contribution is -0.138. The van der Waals surface area contributed by atoms with E-state index in [1.807, 2.05) is 46.8 Å². The van der Waals surface area contributed by atoms with Crippen LogP contribution in [0.4, 0.5) is 4.39 Å². The first-order valence-electron chi connectivity index (χ1n) is 11.8. The number of nitrogens with zero attached hydrogens (tertiary/aromatic N) is 3. The molecule has 1 saturated heterocycles. The number of thiazole rings is 1. The van der Waals surface area contributed by atoms with E-state index in [1.54, 1.807) is 29.7 Å². The van der Waals surface area contributed by atoms with Crippen LogP contribution in [0.1, 0.15) is 30.1 Å². The first-order valence-corrected chi connectivity index (χ1v) is 12.7. The summed E-state index contributed by atoms with van der Waals surface area (Å²) in [7, 11) is 0. The molecule has 0 radical (unpaired) electrons. The summed E-state index contributed by atoms with van der Waals surface area (Å²) >= 11 is 1.57.